The summed E-state index contributed by atoms with van der Waals surface area (Å²) in [5.41, 5.74) is 2.86. The van der Waals surface area contributed by atoms with Crippen molar-refractivity contribution in [1.29, 1.82) is 0 Å². The summed E-state index contributed by atoms with van der Waals surface area (Å²) in [6.07, 6.45) is 3.07. The first-order valence-corrected chi connectivity index (χ1v) is 8.15. The van der Waals surface area contributed by atoms with Crippen molar-refractivity contribution in [2.45, 2.75) is 26.2 Å². The van der Waals surface area contributed by atoms with Gasteiger partial charge in [0.1, 0.15) is 0 Å². The Morgan fingerprint density at radius 1 is 0.958 bits per heavy atom. The van der Waals surface area contributed by atoms with Crippen molar-refractivity contribution in [2.75, 3.05) is 5.32 Å². The zero-order valence-electron chi connectivity index (χ0n) is 13.7. The van der Waals surface area contributed by atoms with Crippen molar-refractivity contribution >= 4 is 28.4 Å². The van der Waals surface area contributed by atoms with Gasteiger partial charge in [-0.3, -0.25) is 14.2 Å². The van der Waals surface area contributed by atoms with Crippen molar-refractivity contribution in [2.24, 2.45) is 0 Å². The molecule has 0 saturated carbocycles. The van der Waals surface area contributed by atoms with E-state index >= 15 is 0 Å². The van der Waals surface area contributed by atoms with Crippen molar-refractivity contribution < 1.29 is 9.59 Å². The molecule has 122 valence electrons. The van der Waals surface area contributed by atoms with Crippen LogP contribution in [0.5, 0.6) is 0 Å². The average molecular weight is 320 g/mol. The van der Waals surface area contributed by atoms with E-state index in [0.29, 0.717) is 0 Å². The number of para-hydroxylation sites is 1. The Bertz CT molecular complexity index is 863. The molecule has 1 heterocycles. The molecule has 0 spiro atoms. The number of rotatable bonds is 5. The molecule has 24 heavy (non-hydrogen) atoms. The van der Waals surface area contributed by atoms with Gasteiger partial charge in [-0.1, -0.05) is 37.3 Å². The highest BCUT2D eigenvalue weighted by molar-refractivity contribution is 5.96. The zero-order valence-corrected chi connectivity index (χ0v) is 13.7. The van der Waals surface area contributed by atoms with Gasteiger partial charge in [-0.15, -0.1) is 0 Å². The number of carbonyl (C=O) groups is 2. The Balaban J connectivity index is 1.58. The monoisotopic (exact) mass is 320 g/mol. The van der Waals surface area contributed by atoms with E-state index in [9.17, 15) is 9.59 Å². The predicted molar refractivity (Wildman–Crippen MR) is 96.2 cm³/mol. The molecule has 2 aromatic carbocycles. The highest BCUT2D eigenvalue weighted by atomic mass is 16.2. The minimum atomic E-state index is -0.149. The van der Waals surface area contributed by atoms with E-state index in [-0.39, 0.29) is 24.7 Å². The number of nitrogens with zero attached hydrogens (tertiary/aromatic N) is 1. The lowest BCUT2D eigenvalue weighted by molar-refractivity contribution is -0.116. The van der Waals surface area contributed by atoms with Gasteiger partial charge in [0.05, 0.1) is 5.52 Å². The van der Waals surface area contributed by atoms with Crippen LogP contribution in [0, 0.1) is 0 Å². The number of amides is 1. The summed E-state index contributed by atoms with van der Waals surface area (Å²) in [6.45, 7) is 2.09. The van der Waals surface area contributed by atoms with Crippen LogP contribution in [0.2, 0.25) is 0 Å². The minimum Gasteiger partial charge on any atom is -0.326 e. The fourth-order valence-corrected chi connectivity index (χ4v) is 2.69. The molecule has 0 bridgehead atoms. The summed E-state index contributed by atoms with van der Waals surface area (Å²) in [5, 5.41) is 3.85. The first kappa shape index (κ1) is 16.0. The molecule has 4 nitrogen and oxygen atoms in total. The fraction of sp³-hybridized carbons (Fsp3) is 0.200. The SMILES string of the molecule is CCc1ccc(NC(=O)CCC(=O)n2ccc3ccccc32)cc1. The van der Waals surface area contributed by atoms with Crippen molar-refractivity contribution in [3.8, 4) is 0 Å². The Morgan fingerprint density at radius 3 is 2.46 bits per heavy atom. The third-order valence-electron chi connectivity index (χ3n) is 4.08. The van der Waals surface area contributed by atoms with E-state index in [1.807, 2.05) is 54.6 Å². The van der Waals surface area contributed by atoms with E-state index < -0.39 is 0 Å². The summed E-state index contributed by atoms with van der Waals surface area (Å²) in [5.74, 6) is -0.225. The second kappa shape index (κ2) is 7.13. The van der Waals surface area contributed by atoms with Gasteiger partial charge in [0, 0.05) is 30.1 Å². The highest BCUT2D eigenvalue weighted by Gasteiger charge is 2.11. The van der Waals surface area contributed by atoms with Gasteiger partial charge < -0.3 is 5.32 Å². The summed E-state index contributed by atoms with van der Waals surface area (Å²) in [4.78, 5) is 24.4. The maximum absolute atomic E-state index is 12.3. The number of anilines is 1. The summed E-state index contributed by atoms with van der Waals surface area (Å²) in [7, 11) is 0. The quantitative estimate of drug-likeness (QED) is 0.763. The number of benzene rings is 2. The standard InChI is InChI=1S/C20H20N2O2/c1-2-15-7-9-17(10-8-15)21-19(23)11-12-20(24)22-14-13-16-5-3-4-6-18(16)22/h3-10,13-14H,2,11-12H2,1H3,(H,21,23). The number of hydrogen-bond acceptors (Lipinski definition) is 2. The van der Waals surface area contributed by atoms with E-state index in [4.69, 9.17) is 0 Å². The highest BCUT2D eigenvalue weighted by Crippen LogP contribution is 2.16. The Hall–Kier alpha value is -2.88. The van der Waals surface area contributed by atoms with Gasteiger partial charge in [0.15, 0.2) is 0 Å². The summed E-state index contributed by atoms with van der Waals surface area (Å²) >= 11 is 0. The van der Waals surface area contributed by atoms with E-state index in [1.54, 1.807) is 10.8 Å². The van der Waals surface area contributed by atoms with Crippen molar-refractivity contribution in [3.05, 3.63) is 66.4 Å². The molecule has 0 aliphatic carbocycles. The van der Waals surface area contributed by atoms with Gasteiger partial charge in [0.2, 0.25) is 11.8 Å². The molecular weight excluding hydrogens is 300 g/mol. The number of nitrogens with one attached hydrogen (secondary N) is 1. The first-order chi connectivity index (χ1) is 11.7. The lowest BCUT2D eigenvalue weighted by atomic mass is 10.1. The van der Waals surface area contributed by atoms with Gasteiger partial charge in [-0.2, -0.15) is 0 Å². The Morgan fingerprint density at radius 2 is 1.71 bits per heavy atom. The van der Waals surface area contributed by atoms with E-state index in [1.165, 1.54) is 5.56 Å². The van der Waals surface area contributed by atoms with E-state index in [0.717, 1.165) is 23.0 Å². The van der Waals surface area contributed by atoms with Crippen LogP contribution in [0.1, 0.15) is 30.1 Å². The number of hydrogen-bond donors (Lipinski definition) is 1. The lowest BCUT2D eigenvalue weighted by Crippen LogP contribution is -2.16. The molecule has 0 fully saturated rings. The third kappa shape index (κ3) is 3.54. The smallest absolute Gasteiger partial charge is 0.231 e. The maximum atomic E-state index is 12.3. The van der Waals surface area contributed by atoms with Crippen LogP contribution < -0.4 is 5.32 Å². The topological polar surface area (TPSA) is 51.1 Å². The molecular formula is C20H20N2O2. The van der Waals surface area contributed by atoms with Crippen molar-refractivity contribution in [1.82, 2.24) is 4.57 Å². The summed E-state index contributed by atoms with van der Waals surface area (Å²) < 4.78 is 1.61. The Kier molecular flexibility index (Phi) is 4.75. The van der Waals surface area contributed by atoms with Crippen LogP contribution in [0.15, 0.2) is 60.8 Å². The predicted octanol–water partition coefficient (Wildman–Crippen LogP) is 4.26. The van der Waals surface area contributed by atoms with Crippen molar-refractivity contribution in [3.63, 3.8) is 0 Å². The molecule has 0 atom stereocenters. The second-order valence-corrected chi connectivity index (χ2v) is 5.74. The third-order valence-corrected chi connectivity index (χ3v) is 4.08. The molecule has 1 amide bonds. The molecule has 0 aliphatic rings. The molecule has 0 unspecified atom stereocenters. The molecule has 3 rings (SSSR count). The first-order valence-electron chi connectivity index (χ1n) is 8.15. The van der Waals surface area contributed by atoms with Crippen LogP contribution in [-0.2, 0) is 11.2 Å². The number of carbonyl (C=O) groups excluding carboxylic acids is 2. The molecule has 0 saturated heterocycles. The van der Waals surface area contributed by atoms with Crippen LogP contribution in [0.3, 0.4) is 0 Å². The molecule has 0 radical (unpaired) electrons. The van der Waals surface area contributed by atoms with Gasteiger partial charge in [0.25, 0.3) is 0 Å². The molecule has 0 aliphatic heterocycles. The van der Waals surface area contributed by atoms with E-state index in [2.05, 4.69) is 12.2 Å². The van der Waals surface area contributed by atoms with Crippen LogP contribution >= 0.6 is 0 Å². The molecule has 1 aromatic heterocycles. The summed E-state index contributed by atoms with van der Waals surface area (Å²) in [6, 6.07) is 17.4. The number of fused-ring (bicyclic) bond motifs is 1. The minimum absolute atomic E-state index is 0.0762. The zero-order chi connectivity index (χ0) is 16.9. The Labute approximate surface area is 141 Å². The number of aryl methyl sites for hydroxylation is 1. The number of aromatic nitrogens is 1. The van der Waals surface area contributed by atoms with Crippen LogP contribution in [0.25, 0.3) is 10.9 Å². The van der Waals surface area contributed by atoms with Crippen LogP contribution in [0.4, 0.5) is 5.69 Å². The molecule has 1 N–H and O–H groups in total. The van der Waals surface area contributed by atoms with Gasteiger partial charge in [-0.05, 0) is 36.2 Å². The largest absolute Gasteiger partial charge is 0.326 e. The average Bonchev–Trinajstić information content (AvgIpc) is 3.04. The van der Waals surface area contributed by atoms with Crippen LogP contribution in [-0.4, -0.2) is 16.4 Å². The van der Waals surface area contributed by atoms with Gasteiger partial charge >= 0.3 is 0 Å². The molecule has 3 aromatic rings. The lowest BCUT2D eigenvalue weighted by Gasteiger charge is -2.07. The second-order valence-electron chi connectivity index (χ2n) is 5.74. The normalized spacial score (nSPS) is 10.7. The maximum Gasteiger partial charge on any atom is 0.231 e. The van der Waals surface area contributed by atoms with Gasteiger partial charge in [-0.25, -0.2) is 0 Å². The fourth-order valence-electron chi connectivity index (χ4n) is 2.69. The molecule has 4 heteroatoms.